The molecule has 0 aliphatic heterocycles. The standard InChI is InChI=1S/C9H15N/c1-4-6-7-9-10(3)8-5-2/h4-9H,1-3H3/b6-4+,8-5-,9-7-. The molecule has 0 heterocycles. The molecule has 0 aromatic heterocycles. The van der Waals surface area contributed by atoms with Crippen molar-refractivity contribution in [1.82, 2.24) is 4.90 Å². The average molecular weight is 137 g/mol. The van der Waals surface area contributed by atoms with Crippen LogP contribution in [0.2, 0.25) is 0 Å². The highest BCUT2D eigenvalue weighted by molar-refractivity contribution is 5.01. The monoisotopic (exact) mass is 137 g/mol. The van der Waals surface area contributed by atoms with Gasteiger partial charge in [-0.2, -0.15) is 0 Å². The minimum Gasteiger partial charge on any atom is -0.358 e. The Hall–Kier alpha value is -0.980. The molecule has 0 rings (SSSR count). The molecule has 0 aliphatic carbocycles. The van der Waals surface area contributed by atoms with E-state index in [0.29, 0.717) is 0 Å². The molecule has 0 aromatic carbocycles. The molecule has 0 unspecified atom stereocenters. The summed E-state index contributed by atoms with van der Waals surface area (Å²) in [5.74, 6) is 0. The summed E-state index contributed by atoms with van der Waals surface area (Å²) >= 11 is 0. The van der Waals surface area contributed by atoms with Crippen LogP contribution in [-0.2, 0) is 0 Å². The van der Waals surface area contributed by atoms with Gasteiger partial charge in [0.1, 0.15) is 0 Å². The van der Waals surface area contributed by atoms with Gasteiger partial charge in [0.05, 0.1) is 0 Å². The Morgan fingerprint density at radius 2 is 1.60 bits per heavy atom. The van der Waals surface area contributed by atoms with E-state index < -0.39 is 0 Å². The summed E-state index contributed by atoms with van der Waals surface area (Å²) in [5.41, 5.74) is 0. The van der Waals surface area contributed by atoms with Crippen molar-refractivity contribution in [3.63, 3.8) is 0 Å². The van der Waals surface area contributed by atoms with E-state index in [1.807, 2.05) is 62.5 Å². The van der Waals surface area contributed by atoms with Gasteiger partial charge in [-0.05, 0) is 26.1 Å². The Labute approximate surface area is 63.3 Å². The molecular weight excluding hydrogens is 122 g/mol. The van der Waals surface area contributed by atoms with Crippen molar-refractivity contribution in [3.8, 4) is 0 Å². The van der Waals surface area contributed by atoms with Gasteiger partial charge in [-0.25, -0.2) is 0 Å². The van der Waals surface area contributed by atoms with Crippen LogP contribution in [0, 0.1) is 0 Å². The van der Waals surface area contributed by atoms with Crippen LogP contribution in [-0.4, -0.2) is 11.9 Å². The largest absolute Gasteiger partial charge is 0.358 e. The second kappa shape index (κ2) is 6.14. The highest BCUT2D eigenvalue weighted by Crippen LogP contribution is 1.86. The molecule has 0 atom stereocenters. The maximum absolute atomic E-state index is 2.00. The molecule has 1 heteroatoms. The number of hydrogen-bond donors (Lipinski definition) is 0. The minimum absolute atomic E-state index is 2.00. The Morgan fingerprint density at radius 3 is 2.10 bits per heavy atom. The molecule has 0 radical (unpaired) electrons. The molecule has 0 aromatic rings. The van der Waals surface area contributed by atoms with Gasteiger partial charge >= 0.3 is 0 Å². The van der Waals surface area contributed by atoms with Crippen LogP contribution >= 0.6 is 0 Å². The molecule has 0 bridgehead atoms. The summed E-state index contributed by atoms with van der Waals surface area (Å²) < 4.78 is 0. The highest BCUT2D eigenvalue weighted by Gasteiger charge is 1.75. The van der Waals surface area contributed by atoms with Crippen LogP contribution in [0.3, 0.4) is 0 Å². The molecule has 1 nitrogen and oxygen atoms in total. The molecule has 10 heavy (non-hydrogen) atoms. The average Bonchev–Trinajstić information content (AvgIpc) is 1.89. The van der Waals surface area contributed by atoms with Crippen molar-refractivity contribution in [1.29, 1.82) is 0 Å². The van der Waals surface area contributed by atoms with E-state index in [4.69, 9.17) is 0 Å². The van der Waals surface area contributed by atoms with Crippen molar-refractivity contribution in [2.75, 3.05) is 7.05 Å². The van der Waals surface area contributed by atoms with Gasteiger partial charge in [-0.3, -0.25) is 0 Å². The van der Waals surface area contributed by atoms with Crippen molar-refractivity contribution in [2.24, 2.45) is 0 Å². The summed E-state index contributed by atoms with van der Waals surface area (Å²) in [6.45, 7) is 4.00. The minimum atomic E-state index is 2.00. The molecule has 0 spiro atoms. The Balaban J connectivity index is 3.65. The number of hydrogen-bond acceptors (Lipinski definition) is 1. The molecular formula is C9H15N. The third-order valence-electron chi connectivity index (χ3n) is 1.01. The van der Waals surface area contributed by atoms with Crippen LogP contribution in [0.15, 0.2) is 36.7 Å². The summed E-state index contributed by atoms with van der Waals surface area (Å²) in [5, 5.41) is 0. The van der Waals surface area contributed by atoms with Gasteiger partial charge in [0.15, 0.2) is 0 Å². The first-order valence-electron chi connectivity index (χ1n) is 3.45. The van der Waals surface area contributed by atoms with Crippen molar-refractivity contribution >= 4 is 0 Å². The molecule has 0 saturated carbocycles. The zero-order valence-corrected chi connectivity index (χ0v) is 6.91. The lowest BCUT2D eigenvalue weighted by Gasteiger charge is -2.03. The zero-order valence-electron chi connectivity index (χ0n) is 6.91. The van der Waals surface area contributed by atoms with Crippen LogP contribution < -0.4 is 0 Å². The van der Waals surface area contributed by atoms with Gasteiger partial charge in [0, 0.05) is 13.2 Å². The Bertz CT molecular complexity index is 143. The van der Waals surface area contributed by atoms with Crippen LogP contribution in [0.1, 0.15) is 13.8 Å². The van der Waals surface area contributed by atoms with E-state index in [0.717, 1.165) is 0 Å². The second-order valence-corrected chi connectivity index (χ2v) is 2.02. The summed E-state index contributed by atoms with van der Waals surface area (Å²) in [6.07, 6.45) is 12.0. The molecule has 0 N–H and O–H groups in total. The molecule has 0 aliphatic rings. The Morgan fingerprint density at radius 1 is 0.900 bits per heavy atom. The van der Waals surface area contributed by atoms with E-state index in [-0.39, 0.29) is 0 Å². The maximum Gasteiger partial charge on any atom is 0.0106 e. The van der Waals surface area contributed by atoms with Crippen molar-refractivity contribution < 1.29 is 0 Å². The Kier molecular flexibility index (Phi) is 5.54. The van der Waals surface area contributed by atoms with Crippen LogP contribution in [0.25, 0.3) is 0 Å². The predicted molar refractivity (Wildman–Crippen MR) is 46.5 cm³/mol. The smallest absolute Gasteiger partial charge is 0.0106 e. The van der Waals surface area contributed by atoms with Gasteiger partial charge < -0.3 is 4.90 Å². The number of rotatable bonds is 3. The van der Waals surface area contributed by atoms with E-state index in [1.54, 1.807) is 0 Å². The fraction of sp³-hybridized carbons (Fsp3) is 0.333. The van der Waals surface area contributed by atoms with Crippen LogP contribution in [0.5, 0.6) is 0 Å². The van der Waals surface area contributed by atoms with Gasteiger partial charge in [0.25, 0.3) is 0 Å². The summed E-state index contributed by atoms with van der Waals surface area (Å²) in [4.78, 5) is 2.00. The maximum atomic E-state index is 2.00. The van der Waals surface area contributed by atoms with E-state index in [1.165, 1.54) is 0 Å². The predicted octanol–water partition coefficient (Wildman–Crippen LogP) is 2.54. The molecule has 0 fully saturated rings. The lowest BCUT2D eigenvalue weighted by molar-refractivity contribution is 0.625. The summed E-state index contributed by atoms with van der Waals surface area (Å²) in [7, 11) is 2.00. The lowest BCUT2D eigenvalue weighted by Crippen LogP contribution is -1.98. The van der Waals surface area contributed by atoms with E-state index >= 15 is 0 Å². The van der Waals surface area contributed by atoms with E-state index in [2.05, 4.69) is 0 Å². The van der Waals surface area contributed by atoms with Gasteiger partial charge in [-0.1, -0.05) is 18.2 Å². The molecule has 0 amide bonds. The molecule has 56 valence electrons. The van der Waals surface area contributed by atoms with E-state index in [9.17, 15) is 0 Å². The lowest BCUT2D eigenvalue weighted by atomic mass is 10.5. The van der Waals surface area contributed by atoms with Crippen molar-refractivity contribution in [3.05, 3.63) is 36.7 Å². The molecule has 0 saturated heterocycles. The fourth-order valence-electron chi connectivity index (χ4n) is 0.581. The third-order valence-corrected chi connectivity index (χ3v) is 1.01. The first-order valence-corrected chi connectivity index (χ1v) is 3.45. The SMILES string of the molecule is C/C=C\N(C)/C=C\C=C\C. The van der Waals surface area contributed by atoms with Gasteiger partial charge in [0.2, 0.25) is 0 Å². The fourth-order valence-corrected chi connectivity index (χ4v) is 0.581. The number of nitrogens with zero attached hydrogens (tertiary/aromatic N) is 1. The second-order valence-electron chi connectivity index (χ2n) is 2.02. The quantitative estimate of drug-likeness (QED) is 0.540. The highest BCUT2D eigenvalue weighted by atomic mass is 15.0. The van der Waals surface area contributed by atoms with Gasteiger partial charge in [-0.15, -0.1) is 0 Å². The zero-order chi connectivity index (χ0) is 7.82. The first kappa shape index (κ1) is 9.02. The first-order chi connectivity index (χ1) is 4.81. The summed E-state index contributed by atoms with van der Waals surface area (Å²) in [6, 6.07) is 0. The van der Waals surface area contributed by atoms with Crippen LogP contribution in [0.4, 0.5) is 0 Å². The number of allylic oxidation sites excluding steroid dienone is 4. The normalized spacial score (nSPS) is 12.3. The topological polar surface area (TPSA) is 3.24 Å². The van der Waals surface area contributed by atoms with Crippen molar-refractivity contribution in [2.45, 2.75) is 13.8 Å². The third kappa shape index (κ3) is 5.16.